The first-order valence-electron chi connectivity index (χ1n) is 9.55. The largest absolute Gasteiger partial charge is 0.387 e. The lowest BCUT2D eigenvalue weighted by atomic mass is 9.97. The molecule has 1 atom stereocenters. The van der Waals surface area contributed by atoms with E-state index < -0.39 is 17.9 Å². The lowest BCUT2D eigenvalue weighted by molar-refractivity contribution is -0.139. The molecule has 2 amide bonds. The molecule has 1 aliphatic carbocycles. The average Bonchev–Trinajstić information content (AvgIpc) is 2.72. The summed E-state index contributed by atoms with van der Waals surface area (Å²) < 4.78 is 0. The van der Waals surface area contributed by atoms with Gasteiger partial charge >= 0.3 is 11.8 Å². The SMILES string of the molecule is O=C(NCCC1=CCCCC1)C(=O)NC[C@H](O)c1cccc2ccccc12. The van der Waals surface area contributed by atoms with E-state index in [1.165, 1.54) is 18.4 Å². The maximum Gasteiger partial charge on any atom is 0.309 e. The van der Waals surface area contributed by atoms with Crippen molar-refractivity contribution in [1.82, 2.24) is 10.6 Å². The van der Waals surface area contributed by atoms with Gasteiger partial charge in [0.1, 0.15) is 0 Å². The predicted molar refractivity (Wildman–Crippen MR) is 106 cm³/mol. The number of amides is 2. The number of aliphatic hydroxyl groups excluding tert-OH is 1. The van der Waals surface area contributed by atoms with Crippen molar-refractivity contribution in [2.45, 2.75) is 38.2 Å². The molecule has 142 valence electrons. The fourth-order valence-corrected chi connectivity index (χ4v) is 3.47. The number of rotatable bonds is 6. The van der Waals surface area contributed by atoms with Crippen molar-refractivity contribution in [3.05, 3.63) is 59.7 Å². The van der Waals surface area contributed by atoms with Crippen molar-refractivity contribution in [2.24, 2.45) is 0 Å². The minimum atomic E-state index is -0.875. The molecule has 2 aromatic rings. The van der Waals surface area contributed by atoms with E-state index in [1.807, 2.05) is 42.5 Å². The Morgan fingerprint density at radius 2 is 1.78 bits per heavy atom. The molecule has 0 aliphatic heterocycles. The maximum absolute atomic E-state index is 12.0. The number of allylic oxidation sites excluding steroid dienone is 1. The Hall–Kier alpha value is -2.66. The topological polar surface area (TPSA) is 78.4 Å². The van der Waals surface area contributed by atoms with Gasteiger partial charge in [-0.15, -0.1) is 0 Å². The number of carbonyl (C=O) groups excluding carboxylic acids is 2. The van der Waals surface area contributed by atoms with Gasteiger partial charge in [-0.25, -0.2) is 0 Å². The van der Waals surface area contributed by atoms with Gasteiger partial charge in [0.05, 0.1) is 6.10 Å². The Morgan fingerprint density at radius 3 is 2.59 bits per heavy atom. The zero-order valence-electron chi connectivity index (χ0n) is 15.4. The van der Waals surface area contributed by atoms with Crippen LogP contribution in [-0.4, -0.2) is 30.0 Å². The van der Waals surface area contributed by atoms with Gasteiger partial charge in [-0.3, -0.25) is 9.59 Å². The smallest absolute Gasteiger partial charge is 0.309 e. The highest BCUT2D eigenvalue weighted by molar-refractivity contribution is 6.35. The van der Waals surface area contributed by atoms with E-state index in [2.05, 4.69) is 16.7 Å². The number of aliphatic hydroxyl groups is 1. The Balaban J connectivity index is 1.47. The van der Waals surface area contributed by atoms with Gasteiger partial charge in [-0.05, 0) is 48.4 Å². The molecule has 0 heterocycles. The molecule has 27 heavy (non-hydrogen) atoms. The molecule has 0 unspecified atom stereocenters. The molecule has 5 nitrogen and oxygen atoms in total. The second-order valence-corrected chi connectivity index (χ2v) is 6.91. The van der Waals surface area contributed by atoms with Crippen LogP contribution in [0.2, 0.25) is 0 Å². The third-order valence-electron chi connectivity index (χ3n) is 4.96. The van der Waals surface area contributed by atoms with Crippen LogP contribution < -0.4 is 10.6 Å². The fourth-order valence-electron chi connectivity index (χ4n) is 3.47. The Bertz CT molecular complexity index is 839. The monoisotopic (exact) mass is 366 g/mol. The predicted octanol–water partition coefficient (Wildman–Crippen LogP) is 3.00. The van der Waals surface area contributed by atoms with Crippen LogP contribution in [-0.2, 0) is 9.59 Å². The van der Waals surface area contributed by atoms with E-state index in [9.17, 15) is 14.7 Å². The molecule has 0 radical (unpaired) electrons. The van der Waals surface area contributed by atoms with Crippen molar-refractivity contribution in [1.29, 1.82) is 0 Å². The molecule has 3 N–H and O–H groups in total. The average molecular weight is 366 g/mol. The summed E-state index contributed by atoms with van der Waals surface area (Å²) in [4.78, 5) is 23.9. The molecular weight excluding hydrogens is 340 g/mol. The Labute approximate surface area is 159 Å². The second kappa shape index (κ2) is 9.33. The minimum absolute atomic E-state index is 0.00852. The normalized spacial score (nSPS) is 15.1. The highest BCUT2D eigenvalue weighted by atomic mass is 16.3. The Kier molecular flexibility index (Phi) is 6.60. The third kappa shape index (κ3) is 5.17. The molecule has 0 aromatic heterocycles. The first-order chi connectivity index (χ1) is 13.1. The number of hydrogen-bond donors (Lipinski definition) is 3. The van der Waals surface area contributed by atoms with Gasteiger partial charge in [0.2, 0.25) is 0 Å². The van der Waals surface area contributed by atoms with Crippen LogP contribution in [0.4, 0.5) is 0 Å². The molecular formula is C22H26N2O3. The van der Waals surface area contributed by atoms with Gasteiger partial charge in [0.25, 0.3) is 0 Å². The molecule has 0 saturated heterocycles. The van der Waals surface area contributed by atoms with Crippen LogP contribution in [0.5, 0.6) is 0 Å². The molecule has 0 spiro atoms. The number of fused-ring (bicyclic) bond motifs is 1. The summed E-state index contributed by atoms with van der Waals surface area (Å²) in [5.74, 6) is -1.37. The summed E-state index contributed by atoms with van der Waals surface area (Å²) in [5, 5.41) is 17.6. The van der Waals surface area contributed by atoms with Crippen LogP contribution in [0.15, 0.2) is 54.1 Å². The summed E-state index contributed by atoms with van der Waals surface area (Å²) in [6.07, 6.45) is 6.77. The van der Waals surface area contributed by atoms with Crippen LogP contribution in [0.1, 0.15) is 43.8 Å². The third-order valence-corrected chi connectivity index (χ3v) is 4.96. The minimum Gasteiger partial charge on any atom is -0.387 e. The molecule has 3 rings (SSSR count). The fraction of sp³-hybridized carbons (Fsp3) is 0.364. The summed E-state index contributed by atoms with van der Waals surface area (Å²) in [6.45, 7) is 0.454. The van der Waals surface area contributed by atoms with Crippen LogP contribution >= 0.6 is 0 Å². The van der Waals surface area contributed by atoms with Gasteiger partial charge < -0.3 is 15.7 Å². The summed E-state index contributed by atoms with van der Waals surface area (Å²) >= 11 is 0. The summed E-state index contributed by atoms with van der Waals surface area (Å²) in [7, 11) is 0. The van der Waals surface area contributed by atoms with Crippen molar-refractivity contribution in [3.63, 3.8) is 0 Å². The van der Waals surface area contributed by atoms with Crippen LogP contribution in [0.25, 0.3) is 10.8 Å². The highest BCUT2D eigenvalue weighted by Crippen LogP contribution is 2.23. The molecule has 0 saturated carbocycles. The Morgan fingerprint density at radius 1 is 1.00 bits per heavy atom. The summed E-state index contributed by atoms with van der Waals surface area (Å²) in [6, 6.07) is 13.4. The molecule has 0 bridgehead atoms. The van der Waals surface area contributed by atoms with Crippen LogP contribution in [0, 0.1) is 0 Å². The van der Waals surface area contributed by atoms with Crippen molar-refractivity contribution < 1.29 is 14.7 Å². The van der Waals surface area contributed by atoms with Gasteiger partial charge in [0, 0.05) is 13.1 Å². The van der Waals surface area contributed by atoms with Gasteiger partial charge in [0.15, 0.2) is 0 Å². The lowest BCUT2D eigenvalue weighted by Gasteiger charge is -2.15. The van der Waals surface area contributed by atoms with E-state index in [4.69, 9.17) is 0 Å². The van der Waals surface area contributed by atoms with E-state index in [1.54, 1.807) is 0 Å². The molecule has 2 aromatic carbocycles. The zero-order valence-corrected chi connectivity index (χ0v) is 15.4. The van der Waals surface area contributed by atoms with E-state index >= 15 is 0 Å². The number of carbonyl (C=O) groups is 2. The maximum atomic E-state index is 12.0. The molecule has 1 aliphatic rings. The van der Waals surface area contributed by atoms with E-state index in [0.717, 1.165) is 35.6 Å². The second-order valence-electron chi connectivity index (χ2n) is 6.91. The molecule has 5 heteroatoms. The lowest BCUT2D eigenvalue weighted by Crippen LogP contribution is -2.41. The zero-order chi connectivity index (χ0) is 19.1. The molecule has 0 fully saturated rings. The highest BCUT2D eigenvalue weighted by Gasteiger charge is 2.17. The van der Waals surface area contributed by atoms with E-state index in [-0.39, 0.29) is 6.54 Å². The number of hydrogen-bond acceptors (Lipinski definition) is 3. The van der Waals surface area contributed by atoms with Crippen molar-refractivity contribution in [2.75, 3.05) is 13.1 Å². The first kappa shape index (κ1) is 19.1. The van der Waals surface area contributed by atoms with Crippen molar-refractivity contribution >= 4 is 22.6 Å². The number of nitrogens with one attached hydrogen (secondary N) is 2. The van der Waals surface area contributed by atoms with Gasteiger partial charge in [-0.1, -0.05) is 54.1 Å². The van der Waals surface area contributed by atoms with E-state index in [0.29, 0.717) is 6.54 Å². The summed E-state index contributed by atoms with van der Waals surface area (Å²) in [5.41, 5.74) is 2.09. The standard InChI is InChI=1S/C22H26N2O3/c25-20(19-12-6-10-17-9-4-5-11-18(17)19)15-24-22(27)21(26)23-14-13-16-7-2-1-3-8-16/h4-7,9-12,20,25H,1-3,8,13-15H2,(H,23,26)(H,24,27)/t20-/m0/s1. The number of benzene rings is 2. The quantitative estimate of drug-likeness (QED) is 0.543. The first-order valence-corrected chi connectivity index (χ1v) is 9.55. The van der Waals surface area contributed by atoms with Crippen molar-refractivity contribution in [3.8, 4) is 0 Å². The van der Waals surface area contributed by atoms with Gasteiger partial charge in [-0.2, -0.15) is 0 Å². The van der Waals surface area contributed by atoms with Crippen LogP contribution in [0.3, 0.4) is 0 Å².